The maximum absolute atomic E-state index is 9.74. The Labute approximate surface area is 149 Å². The van der Waals surface area contributed by atoms with E-state index in [0.717, 1.165) is 9.92 Å². The zero-order valence-corrected chi connectivity index (χ0v) is 15.0. The van der Waals surface area contributed by atoms with E-state index in [9.17, 15) is 5.11 Å². The normalized spacial score (nSPS) is 33.8. The van der Waals surface area contributed by atoms with Crippen molar-refractivity contribution in [1.29, 1.82) is 0 Å². The fraction of sp³-hybridized carbons (Fsp3) is 0.600. The fourth-order valence-electron chi connectivity index (χ4n) is 3.79. The molecule has 0 bridgehead atoms. The van der Waals surface area contributed by atoms with Crippen molar-refractivity contribution in [2.75, 3.05) is 17.2 Å². The summed E-state index contributed by atoms with van der Waals surface area (Å²) >= 11 is 7.63. The van der Waals surface area contributed by atoms with E-state index in [1.807, 2.05) is 18.7 Å². The molecule has 1 aliphatic carbocycles. The summed E-state index contributed by atoms with van der Waals surface area (Å²) in [7, 11) is 0. The Kier molecular flexibility index (Phi) is 3.74. The fourth-order valence-corrected chi connectivity index (χ4v) is 5.00. The van der Waals surface area contributed by atoms with Gasteiger partial charge in [0.25, 0.3) is 0 Å². The number of hydrogen-bond acceptors (Lipinski definition) is 8. The number of hydrogen-bond donors (Lipinski definition) is 2. The maximum Gasteiger partial charge on any atom is 0.223 e. The van der Waals surface area contributed by atoms with Crippen LogP contribution in [0.15, 0.2) is 16.5 Å². The quantitative estimate of drug-likeness (QED) is 0.763. The van der Waals surface area contributed by atoms with Crippen LogP contribution in [0.5, 0.6) is 0 Å². The minimum atomic E-state index is -0.680. The van der Waals surface area contributed by atoms with Crippen LogP contribution in [-0.4, -0.2) is 45.7 Å². The summed E-state index contributed by atoms with van der Waals surface area (Å²) in [6, 6.07) is -0.0551. The predicted octanol–water partition coefficient (Wildman–Crippen LogP) is 2.00. The number of halogens is 1. The molecule has 0 spiro atoms. The minimum Gasteiger partial charge on any atom is -0.396 e. The first-order valence-electron chi connectivity index (χ1n) is 7.76. The Morgan fingerprint density at radius 2 is 2.12 bits per heavy atom. The summed E-state index contributed by atoms with van der Waals surface area (Å²) in [5, 5.41) is 10.9. The molecular formula is C15H19ClN4O3S. The number of nitrogens with two attached hydrogens (primary N) is 1. The lowest BCUT2D eigenvalue weighted by Crippen LogP contribution is -2.41. The maximum atomic E-state index is 9.74. The van der Waals surface area contributed by atoms with Crippen LogP contribution in [0.4, 0.5) is 11.8 Å². The highest BCUT2D eigenvalue weighted by molar-refractivity contribution is 8.03. The first kappa shape index (κ1) is 16.4. The number of nitrogen functional groups attached to an aromatic ring is 1. The molecule has 0 amide bonds. The van der Waals surface area contributed by atoms with Crippen LogP contribution in [0.3, 0.4) is 0 Å². The molecule has 1 aromatic rings. The second-order valence-electron chi connectivity index (χ2n) is 6.70. The molecule has 3 N–H and O–H groups in total. The second-order valence-corrected chi connectivity index (χ2v) is 8.14. The Balaban J connectivity index is 1.73. The molecule has 24 heavy (non-hydrogen) atoms. The van der Waals surface area contributed by atoms with Crippen LogP contribution in [0, 0.1) is 5.92 Å². The van der Waals surface area contributed by atoms with Gasteiger partial charge in [-0.2, -0.15) is 9.97 Å². The Morgan fingerprint density at radius 3 is 2.83 bits per heavy atom. The largest absolute Gasteiger partial charge is 0.396 e. The smallest absolute Gasteiger partial charge is 0.223 e. The molecule has 1 saturated heterocycles. The lowest BCUT2D eigenvalue weighted by molar-refractivity contribution is -0.159. The molecule has 9 heteroatoms. The highest BCUT2D eigenvalue weighted by Crippen LogP contribution is 2.53. The summed E-state index contributed by atoms with van der Waals surface area (Å²) < 4.78 is 12.1. The number of rotatable bonds is 2. The van der Waals surface area contributed by atoms with E-state index in [4.69, 9.17) is 26.8 Å². The van der Waals surface area contributed by atoms with E-state index in [-0.39, 0.29) is 36.7 Å². The standard InChI is InChI=1S/C15H19ClN4O3S/c1-6-20(13-11(24-6)12(16)18-14(17)19-13)8-4-7(5-21)9-10(8)23-15(2,3)22-9/h7-10,21H,1,4-5H2,2-3H3,(H2,17,18,19)/t7-,8-,9-,10+/m1/s1. The topological polar surface area (TPSA) is 93.7 Å². The molecule has 0 aromatic carbocycles. The number of aromatic nitrogens is 2. The molecule has 1 aromatic heterocycles. The van der Waals surface area contributed by atoms with Gasteiger partial charge < -0.3 is 25.2 Å². The number of aliphatic hydroxyl groups is 1. The van der Waals surface area contributed by atoms with Crippen LogP contribution in [-0.2, 0) is 9.47 Å². The van der Waals surface area contributed by atoms with Crippen LogP contribution in [0.2, 0.25) is 5.15 Å². The van der Waals surface area contributed by atoms with Crippen LogP contribution in [0.25, 0.3) is 0 Å². The Morgan fingerprint density at radius 1 is 1.42 bits per heavy atom. The SMILES string of the molecule is C=C1Sc2c(Cl)nc(N)nc2N1[C@@H]1C[C@H](CO)[C@H]2OC(C)(C)O[C@H]21. The molecule has 1 saturated carbocycles. The highest BCUT2D eigenvalue weighted by Gasteiger charge is 2.56. The van der Waals surface area contributed by atoms with E-state index in [2.05, 4.69) is 16.5 Å². The number of nitrogens with zero attached hydrogens (tertiary/aromatic N) is 3. The van der Waals surface area contributed by atoms with Crippen molar-refractivity contribution in [2.45, 2.75) is 49.2 Å². The third kappa shape index (κ3) is 2.40. The molecular weight excluding hydrogens is 352 g/mol. The first-order valence-corrected chi connectivity index (χ1v) is 8.95. The van der Waals surface area contributed by atoms with Gasteiger partial charge in [0.1, 0.15) is 6.10 Å². The van der Waals surface area contributed by atoms with Gasteiger partial charge in [-0.25, -0.2) is 0 Å². The van der Waals surface area contributed by atoms with E-state index < -0.39 is 5.79 Å². The van der Waals surface area contributed by atoms with Crippen molar-refractivity contribution in [3.8, 4) is 0 Å². The van der Waals surface area contributed by atoms with Gasteiger partial charge in [-0.3, -0.25) is 0 Å². The summed E-state index contributed by atoms with van der Waals surface area (Å²) in [6.07, 6.45) is 0.365. The van der Waals surface area contributed by atoms with E-state index in [0.29, 0.717) is 17.4 Å². The second kappa shape index (κ2) is 5.47. The van der Waals surface area contributed by atoms with Gasteiger partial charge in [0.05, 0.1) is 22.1 Å². The summed E-state index contributed by atoms with van der Waals surface area (Å²) in [4.78, 5) is 11.1. The van der Waals surface area contributed by atoms with E-state index in [1.54, 1.807) is 0 Å². The molecule has 130 valence electrons. The van der Waals surface area contributed by atoms with Gasteiger partial charge in [0.2, 0.25) is 5.95 Å². The van der Waals surface area contributed by atoms with Gasteiger partial charge in [-0.15, -0.1) is 0 Å². The van der Waals surface area contributed by atoms with Crippen molar-refractivity contribution in [2.24, 2.45) is 5.92 Å². The van der Waals surface area contributed by atoms with E-state index >= 15 is 0 Å². The summed E-state index contributed by atoms with van der Waals surface area (Å²) in [6.45, 7) is 7.94. The Hall–Kier alpha value is -1.06. The highest BCUT2D eigenvalue weighted by atomic mass is 35.5. The van der Waals surface area contributed by atoms with Gasteiger partial charge in [-0.1, -0.05) is 29.9 Å². The predicted molar refractivity (Wildman–Crippen MR) is 91.7 cm³/mol. The summed E-state index contributed by atoms with van der Waals surface area (Å²) in [5.74, 6) is 0.0912. The number of ether oxygens (including phenoxy) is 2. The number of aliphatic hydroxyl groups excluding tert-OH is 1. The molecule has 2 aliphatic heterocycles. The minimum absolute atomic E-state index is 0.00159. The molecule has 3 heterocycles. The average molecular weight is 371 g/mol. The zero-order chi connectivity index (χ0) is 17.2. The van der Waals surface area contributed by atoms with Crippen molar-refractivity contribution in [1.82, 2.24) is 9.97 Å². The molecule has 0 unspecified atom stereocenters. The zero-order valence-electron chi connectivity index (χ0n) is 13.4. The lowest BCUT2D eigenvalue weighted by atomic mass is 10.1. The molecule has 4 rings (SSSR count). The average Bonchev–Trinajstić information content (AvgIpc) is 3.07. The van der Waals surface area contributed by atoms with Crippen LogP contribution < -0.4 is 10.6 Å². The molecule has 2 fully saturated rings. The van der Waals surface area contributed by atoms with Crippen molar-refractivity contribution >= 4 is 35.1 Å². The molecule has 0 radical (unpaired) electrons. The molecule has 4 atom stereocenters. The first-order chi connectivity index (χ1) is 11.3. The van der Waals surface area contributed by atoms with E-state index in [1.165, 1.54) is 11.8 Å². The molecule has 7 nitrogen and oxygen atoms in total. The number of fused-ring (bicyclic) bond motifs is 2. The van der Waals surface area contributed by atoms with Crippen LogP contribution >= 0.6 is 23.4 Å². The lowest BCUT2D eigenvalue weighted by Gasteiger charge is -2.31. The Bertz CT molecular complexity index is 716. The molecule has 3 aliphatic rings. The summed E-state index contributed by atoms with van der Waals surface area (Å²) in [5.41, 5.74) is 5.77. The van der Waals surface area contributed by atoms with Crippen molar-refractivity contribution in [3.05, 3.63) is 16.8 Å². The van der Waals surface area contributed by atoms with Crippen molar-refractivity contribution < 1.29 is 14.6 Å². The van der Waals surface area contributed by atoms with Gasteiger partial charge in [0.15, 0.2) is 16.8 Å². The number of anilines is 2. The van der Waals surface area contributed by atoms with Crippen LogP contribution in [0.1, 0.15) is 20.3 Å². The number of thioether (sulfide) groups is 1. The van der Waals surface area contributed by atoms with Gasteiger partial charge >= 0.3 is 0 Å². The third-order valence-electron chi connectivity index (χ3n) is 4.66. The third-order valence-corrected chi connectivity index (χ3v) is 6.06. The van der Waals surface area contributed by atoms with Gasteiger partial charge in [-0.05, 0) is 20.3 Å². The monoisotopic (exact) mass is 370 g/mol. The van der Waals surface area contributed by atoms with Crippen molar-refractivity contribution in [3.63, 3.8) is 0 Å². The van der Waals surface area contributed by atoms with Gasteiger partial charge in [0, 0.05) is 12.5 Å².